The average molecular weight is 180 g/mol. The van der Waals surface area contributed by atoms with Crippen molar-refractivity contribution in [2.45, 2.75) is 59.3 Å². The van der Waals surface area contributed by atoms with Gasteiger partial charge in [0, 0.05) is 0 Å². The first kappa shape index (κ1) is 12.5. The fourth-order valence-corrected chi connectivity index (χ4v) is 1.14. The van der Waals surface area contributed by atoms with E-state index in [2.05, 4.69) is 39.0 Å². The average Bonchev–Trinajstić information content (AvgIpc) is 2.20. The summed E-state index contributed by atoms with van der Waals surface area (Å²) in [7, 11) is 0. The summed E-state index contributed by atoms with van der Waals surface area (Å²) in [5.74, 6) is 0. The molecule has 0 saturated heterocycles. The summed E-state index contributed by atoms with van der Waals surface area (Å²) in [6.45, 7) is 6.59. The molecule has 13 heavy (non-hydrogen) atoms. The molecule has 1 aliphatic carbocycles. The first-order chi connectivity index (χ1) is 6.35. The number of hydrogen-bond donors (Lipinski definition) is 0. The SMILES string of the molecule is CCCC.CCCC1=CCCC=C1. The zero-order chi connectivity index (χ0) is 9.94. The summed E-state index contributed by atoms with van der Waals surface area (Å²) in [6.07, 6.45) is 14.5. The summed E-state index contributed by atoms with van der Waals surface area (Å²) < 4.78 is 0. The van der Waals surface area contributed by atoms with Gasteiger partial charge in [-0.2, -0.15) is 0 Å². The Morgan fingerprint density at radius 1 is 1.00 bits per heavy atom. The quantitative estimate of drug-likeness (QED) is 0.581. The first-order valence-electron chi connectivity index (χ1n) is 5.70. The van der Waals surface area contributed by atoms with Gasteiger partial charge >= 0.3 is 0 Å². The molecule has 0 heterocycles. The third-order valence-corrected chi connectivity index (χ3v) is 2.11. The zero-order valence-corrected chi connectivity index (χ0v) is 9.47. The van der Waals surface area contributed by atoms with Crippen LogP contribution in [-0.4, -0.2) is 0 Å². The Hall–Kier alpha value is -0.520. The molecule has 0 amide bonds. The first-order valence-corrected chi connectivity index (χ1v) is 5.70. The van der Waals surface area contributed by atoms with Crippen LogP contribution in [0.5, 0.6) is 0 Å². The second-order valence-electron chi connectivity index (χ2n) is 3.51. The molecule has 1 rings (SSSR count). The van der Waals surface area contributed by atoms with Crippen molar-refractivity contribution in [2.24, 2.45) is 0 Å². The van der Waals surface area contributed by atoms with E-state index in [1.165, 1.54) is 44.1 Å². The van der Waals surface area contributed by atoms with Crippen LogP contribution in [-0.2, 0) is 0 Å². The minimum Gasteiger partial charge on any atom is -0.0840 e. The number of rotatable bonds is 3. The molecular weight excluding hydrogens is 156 g/mol. The summed E-state index contributed by atoms with van der Waals surface area (Å²) in [4.78, 5) is 0. The van der Waals surface area contributed by atoms with Gasteiger partial charge in [-0.15, -0.1) is 0 Å². The molecule has 0 radical (unpaired) electrons. The molecule has 0 aromatic rings. The zero-order valence-electron chi connectivity index (χ0n) is 9.47. The van der Waals surface area contributed by atoms with Crippen LogP contribution in [0.4, 0.5) is 0 Å². The van der Waals surface area contributed by atoms with Crippen LogP contribution in [0.25, 0.3) is 0 Å². The van der Waals surface area contributed by atoms with Crippen molar-refractivity contribution >= 4 is 0 Å². The highest BCUT2D eigenvalue weighted by Gasteiger charge is 1.93. The maximum Gasteiger partial charge on any atom is -0.0285 e. The lowest BCUT2D eigenvalue weighted by molar-refractivity contribution is 0.886. The fourth-order valence-electron chi connectivity index (χ4n) is 1.14. The predicted molar refractivity (Wildman–Crippen MR) is 61.9 cm³/mol. The molecule has 76 valence electrons. The van der Waals surface area contributed by atoms with E-state index in [9.17, 15) is 0 Å². The minimum absolute atomic E-state index is 1.24. The number of hydrogen-bond acceptors (Lipinski definition) is 0. The molecule has 0 heteroatoms. The van der Waals surface area contributed by atoms with Gasteiger partial charge in [-0.05, 0) is 19.3 Å². The Kier molecular flexibility index (Phi) is 9.18. The maximum atomic E-state index is 2.35. The van der Waals surface area contributed by atoms with E-state index in [0.29, 0.717) is 0 Å². The second-order valence-corrected chi connectivity index (χ2v) is 3.51. The molecule has 0 unspecified atom stereocenters. The van der Waals surface area contributed by atoms with Gasteiger partial charge in [0.15, 0.2) is 0 Å². The maximum absolute atomic E-state index is 2.35. The highest BCUT2D eigenvalue weighted by atomic mass is 14.0. The Morgan fingerprint density at radius 3 is 2.08 bits per heavy atom. The topological polar surface area (TPSA) is 0 Å². The number of unbranched alkanes of at least 4 members (excludes halogenated alkanes) is 1. The third-order valence-electron chi connectivity index (χ3n) is 2.11. The molecule has 0 aromatic carbocycles. The smallest absolute Gasteiger partial charge is 0.0285 e. The van der Waals surface area contributed by atoms with Crippen molar-refractivity contribution in [3.8, 4) is 0 Å². The molecule has 0 atom stereocenters. The van der Waals surface area contributed by atoms with Crippen molar-refractivity contribution in [1.82, 2.24) is 0 Å². The second kappa shape index (κ2) is 9.57. The molecule has 0 spiro atoms. The lowest BCUT2D eigenvalue weighted by Crippen LogP contribution is -1.82. The van der Waals surface area contributed by atoms with Gasteiger partial charge in [0.2, 0.25) is 0 Å². The van der Waals surface area contributed by atoms with Gasteiger partial charge < -0.3 is 0 Å². The highest BCUT2D eigenvalue weighted by Crippen LogP contribution is 2.13. The third kappa shape index (κ3) is 7.83. The Labute approximate surface area is 83.7 Å². The summed E-state index contributed by atoms with van der Waals surface area (Å²) in [6, 6.07) is 0. The van der Waals surface area contributed by atoms with Gasteiger partial charge in [-0.1, -0.05) is 63.8 Å². The molecule has 0 N–H and O–H groups in total. The lowest BCUT2D eigenvalue weighted by Gasteiger charge is -2.03. The highest BCUT2D eigenvalue weighted by molar-refractivity contribution is 5.21. The Bertz CT molecular complexity index is 149. The molecular formula is C13H24. The molecule has 0 aliphatic heterocycles. The summed E-state index contributed by atoms with van der Waals surface area (Å²) in [5, 5.41) is 0. The van der Waals surface area contributed by atoms with Crippen LogP contribution in [0.1, 0.15) is 59.3 Å². The normalized spacial score (nSPS) is 14.5. The van der Waals surface area contributed by atoms with E-state index in [1.807, 2.05) is 0 Å². The van der Waals surface area contributed by atoms with Gasteiger partial charge in [-0.25, -0.2) is 0 Å². The van der Waals surface area contributed by atoms with E-state index >= 15 is 0 Å². The van der Waals surface area contributed by atoms with Crippen LogP contribution in [0.2, 0.25) is 0 Å². The molecule has 0 bridgehead atoms. The molecule has 0 fully saturated rings. The van der Waals surface area contributed by atoms with Crippen molar-refractivity contribution in [3.63, 3.8) is 0 Å². The predicted octanol–water partition coefficient (Wildman–Crippen LogP) is 4.87. The van der Waals surface area contributed by atoms with E-state index < -0.39 is 0 Å². The van der Waals surface area contributed by atoms with Gasteiger partial charge in [0.1, 0.15) is 0 Å². The molecule has 0 nitrogen and oxygen atoms in total. The summed E-state index contributed by atoms with van der Waals surface area (Å²) >= 11 is 0. The number of allylic oxidation sites excluding steroid dienone is 4. The van der Waals surface area contributed by atoms with Gasteiger partial charge in [-0.3, -0.25) is 0 Å². The standard InChI is InChI=1S/C9H14.C4H10/c1-2-6-9-7-4-3-5-8-9;1-3-4-2/h4,7-8H,2-3,5-6H2,1H3;3-4H2,1-2H3. The van der Waals surface area contributed by atoms with Crippen LogP contribution in [0.3, 0.4) is 0 Å². The van der Waals surface area contributed by atoms with Crippen molar-refractivity contribution in [3.05, 3.63) is 23.8 Å². The van der Waals surface area contributed by atoms with Crippen LogP contribution < -0.4 is 0 Å². The van der Waals surface area contributed by atoms with E-state index in [-0.39, 0.29) is 0 Å². The molecule has 0 aromatic heterocycles. The minimum atomic E-state index is 1.24. The molecule has 0 saturated carbocycles. The molecule has 1 aliphatic rings. The van der Waals surface area contributed by atoms with Crippen LogP contribution in [0, 0.1) is 0 Å². The van der Waals surface area contributed by atoms with Crippen molar-refractivity contribution in [2.75, 3.05) is 0 Å². The monoisotopic (exact) mass is 180 g/mol. The largest absolute Gasteiger partial charge is 0.0840 e. The van der Waals surface area contributed by atoms with Gasteiger partial charge in [0.05, 0.1) is 0 Å². The Morgan fingerprint density at radius 2 is 1.69 bits per heavy atom. The van der Waals surface area contributed by atoms with E-state index in [0.717, 1.165) is 0 Å². The summed E-state index contributed by atoms with van der Waals surface area (Å²) in [5.41, 5.74) is 1.53. The van der Waals surface area contributed by atoms with Crippen molar-refractivity contribution < 1.29 is 0 Å². The lowest BCUT2D eigenvalue weighted by atomic mass is 10.0. The van der Waals surface area contributed by atoms with Crippen LogP contribution >= 0.6 is 0 Å². The van der Waals surface area contributed by atoms with Crippen LogP contribution in [0.15, 0.2) is 23.8 Å². The van der Waals surface area contributed by atoms with Gasteiger partial charge in [0.25, 0.3) is 0 Å². The van der Waals surface area contributed by atoms with E-state index in [1.54, 1.807) is 0 Å². The Balaban J connectivity index is 0.000000310. The van der Waals surface area contributed by atoms with Crippen molar-refractivity contribution in [1.29, 1.82) is 0 Å². The fraction of sp³-hybridized carbons (Fsp3) is 0.692. The van der Waals surface area contributed by atoms with E-state index in [4.69, 9.17) is 0 Å².